The minimum atomic E-state index is -4.23. The minimum Gasteiger partial charge on any atom is -0.282 e. The lowest BCUT2D eigenvalue weighted by atomic mass is 9.81. The van der Waals surface area contributed by atoms with E-state index in [1.165, 1.54) is 31.9 Å². The number of halogens is 2. The maximum atomic E-state index is 11.5. The van der Waals surface area contributed by atoms with Crippen molar-refractivity contribution >= 4 is 76.6 Å². The smallest absolute Gasteiger partial charge is 0.282 e. The Labute approximate surface area is 215 Å². The Kier molecular flexibility index (Phi) is 5.08. The Hall–Kier alpha value is -2.71. The Morgan fingerprint density at radius 2 is 1.26 bits per heavy atom. The van der Waals surface area contributed by atoms with Gasteiger partial charge in [-0.25, -0.2) is 0 Å². The third kappa shape index (κ3) is 3.30. The zero-order valence-electron chi connectivity index (χ0n) is 17.6. The molecular formula is C28H16ClIO3S. The van der Waals surface area contributed by atoms with E-state index in [1.807, 2.05) is 42.5 Å². The van der Waals surface area contributed by atoms with Crippen molar-refractivity contribution in [3.63, 3.8) is 0 Å². The van der Waals surface area contributed by atoms with Gasteiger partial charge >= 0.3 is 0 Å². The predicted octanol–water partition coefficient (Wildman–Crippen LogP) is 8.42. The molecule has 7 rings (SSSR count). The number of fused-ring (bicyclic) bond motifs is 4. The van der Waals surface area contributed by atoms with E-state index in [4.69, 9.17) is 11.6 Å². The van der Waals surface area contributed by atoms with Crippen molar-refractivity contribution in [3.05, 3.63) is 99.6 Å². The highest BCUT2D eigenvalue weighted by molar-refractivity contribution is 14.1. The maximum Gasteiger partial charge on any atom is 0.295 e. The van der Waals surface area contributed by atoms with Crippen LogP contribution < -0.4 is 0 Å². The van der Waals surface area contributed by atoms with E-state index < -0.39 is 10.1 Å². The fourth-order valence-electron chi connectivity index (χ4n) is 4.85. The minimum absolute atomic E-state index is 0.0387. The fourth-order valence-corrected chi connectivity index (χ4v) is 6.45. The predicted molar refractivity (Wildman–Crippen MR) is 149 cm³/mol. The number of hydrogen-bond acceptors (Lipinski definition) is 2. The van der Waals surface area contributed by atoms with Gasteiger partial charge in [-0.2, -0.15) is 8.42 Å². The number of benzene rings is 6. The van der Waals surface area contributed by atoms with Crippen LogP contribution in [0.3, 0.4) is 0 Å². The van der Waals surface area contributed by atoms with Gasteiger partial charge < -0.3 is 0 Å². The molecule has 6 heteroatoms. The molecule has 0 spiro atoms. The molecule has 0 unspecified atom stereocenters. The van der Waals surface area contributed by atoms with Gasteiger partial charge in [0.2, 0.25) is 0 Å². The quantitative estimate of drug-likeness (QED) is 0.118. The van der Waals surface area contributed by atoms with Crippen molar-refractivity contribution in [2.75, 3.05) is 0 Å². The molecule has 0 aromatic heterocycles. The Morgan fingerprint density at radius 3 is 1.97 bits per heavy atom. The molecule has 0 saturated heterocycles. The molecule has 0 aliphatic heterocycles. The molecule has 1 aliphatic carbocycles. The molecule has 3 nitrogen and oxygen atoms in total. The highest BCUT2D eigenvalue weighted by atomic mass is 127. The first-order chi connectivity index (χ1) is 16.3. The molecule has 0 radical (unpaired) electrons. The van der Waals surface area contributed by atoms with Crippen molar-refractivity contribution in [3.8, 4) is 22.3 Å². The van der Waals surface area contributed by atoms with Gasteiger partial charge in [-0.15, -0.1) is 0 Å². The number of hydrogen-bond donors (Lipinski definition) is 1. The Morgan fingerprint density at radius 1 is 0.647 bits per heavy atom. The van der Waals surface area contributed by atoms with E-state index in [2.05, 4.69) is 52.9 Å². The van der Waals surface area contributed by atoms with E-state index in [0.29, 0.717) is 5.39 Å². The molecule has 0 amide bonds. The maximum absolute atomic E-state index is 11.5. The largest absolute Gasteiger partial charge is 0.295 e. The lowest BCUT2D eigenvalue weighted by Gasteiger charge is -2.25. The first-order valence-electron chi connectivity index (χ1n) is 10.6. The lowest BCUT2D eigenvalue weighted by Crippen LogP contribution is -2.00. The van der Waals surface area contributed by atoms with Crippen molar-refractivity contribution in [1.82, 2.24) is 0 Å². The molecule has 0 atom stereocenters. The molecule has 1 aliphatic rings. The second kappa shape index (κ2) is 7.92. The molecule has 166 valence electrons. The summed E-state index contributed by atoms with van der Waals surface area (Å²) in [6.45, 7) is 0. The summed E-state index contributed by atoms with van der Waals surface area (Å²) in [6.07, 6.45) is 0. The summed E-state index contributed by atoms with van der Waals surface area (Å²) in [4.78, 5) is -0.0387. The molecule has 0 bridgehead atoms. The molecule has 6 aromatic carbocycles. The van der Waals surface area contributed by atoms with Crippen LogP contribution in [-0.2, 0) is 10.1 Å². The summed E-state index contributed by atoms with van der Waals surface area (Å²) in [6, 6.07) is 29.3. The summed E-state index contributed by atoms with van der Waals surface area (Å²) in [7, 11) is -4.23. The van der Waals surface area contributed by atoms with Gasteiger partial charge in [0, 0.05) is 14.5 Å². The average Bonchev–Trinajstić information content (AvgIpc) is 2.82. The third-order valence-electron chi connectivity index (χ3n) is 6.35. The van der Waals surface area contributed by atoms with E-state index in [9.17, 15) is 13.0 Å². The van der Waals surface area contributed by atoms with E-state index in [0.717, 1.165) is 32.0 Å². The molecule has 0 fully saturated rings. The standard InChI is InChI=1S/C16H10O3S.C12H6ClI/c17-20(18,19)14-9-7-12-5-4-10-2-1-3-11-6-8-13(14)16(12)15(10)11;13-10-6-5-9-7-3-1-2-4-8(7)11(9)12(10)14/h1-9H,(H,17,18,19);1-6H. The second-order valence-electron chi connectivity index (χ2n) is 8.22. The topological polar surface area (TPSA) is 54.4 Å². The molecule has 0 saturated carbocycles. The van der Waals surface area contributed by atoms with E-state index in [-0.39, 0.29) is 4.90 Å². The summed E-state index contributed by atoms with van der Waals surface area (Å²) in [5, 5.41) is 6.43. The third-order valence-corrected chi connectivity index (χ3v) is 9.01. The van der Waals surface area contributed by atoms with Crippen LogP contribution in [0.25, 0.3) is 54.6 Å². The van der Waals surface area contributed by atoms with Gasteiger partial charge in [0.05, 0.1) is 5.02 Å². The van der Waals surface area contributed by atoms with Crippen LogP contribution in [-0.4, -0.2) is 13.0 Å². The van der Waals surface area contributed by atoms with Crippen LogP contribution >= 0.6 is 34.2 Å². The lowest BCUT2D eigenvalue weighted by molar-refractivity contribution is 0.484. The van der Waals surface area contributed by atoms with E-state index >= 15 is 0 Å². The Bertz CT molecular complexity index is 1850. The molecule has 0 heterocycles. The molecule has 6 aromatic rings. The van der Waals surface area contributed by atoms with Gasteiger partial charge in [-0.3, -0.25) is 4.55 Å². The molecular weight excluding hydrogens is 579 g/mol. The van der Waals surface area contributed by atoms with Gasteiger partial charge in [0.1, 0.15) is 4.90 Å². The average molecular weight is 595 g/mol. The van der Waals surface area contributed by atoms with E-state index in [1.54, 1.807) is 12.1 Å². The van der Waals surface area contributed by atoms with Crippen LogP contribution in [0, 0.1) is 3.57 Å². The summed E-state index contributed by atoms with van der Waals surface area (Å²) >= 11 is 8.39. The van der Waals surface area contributed by atoms with Crippen molar-refractivity contribution in [2.45, 2.75) is 4.90 Å². The van der Waals surface area contributed by atoms with Gasteiger partial charge in [0.25, 0.3) is 10.1 Å². The zero-order valence-corrected chi connectivity index (χ0v) is 21.3. The van der Waals surface area contributed by atoms with Crippen molar-refractivity contribution < 1.29 is 13.0 Å². The highest BCUT2D eigenvalue weighted by Crippen LogP contribution is 2.50. The van der Waals surface area contributed by atoms with Crippen LogP contribution in [0.15, 0.2) is 95.9 Å². The molecule has 34 heavy (non-hydrogen) atoms. The summed E-state index contributed by atoms with van der Waals surface area (Å²) in [5.74, 6) is 0. The number of rotatable bonds is 1. The van der Waals surface area contributed by atoms with Crippen LogP contribution in [0.2, 0.25) is 5.02 Å². The van der Waals surface area contributed by atoms with Crippen LogP contribution in [0.1, 0.15) is 0 Å². The SMILES string of the molecule is Clc1ccc2c(c1I)-c1ccccc1-2.O=S(=O)(O)c1ccc2ccc3cccc4ccc1c2c34. The monoisotopic (exact) mass is 594 g/mol. The van der Waals surface area contributed by atoms with Gasteiger partial charge in [-0.1, -0.05) is 90.5 Å². The summed E-state index contributed by atoms with van der Waals surface area (Å²) < 4.78 is 33.6. The first kappa shape index (κ1) is 21.8. The fraction of sp³-hybridized carbons (Fsp3) is 0. The van der Waals surface area contributed by atoms with Crippen LogP contribution in [0.4, 0.5) is 0 Å². The van der Waals surface area contributed by atoms with Crippen molar-refractivity contribution in [2.24, 2.45) is 0 Å². The highest BCUT2D eigenvalue weighted by Gasteiger charge is 2.24. The van der Waals surface area contributed by atoms with Crippen molar-refractivity contribution in [1.29, 1.82) is 0 Å². The second-order valence-corrected chi connectivity index (χ2v) is 11.1. The molecule has 1 N–H and O–H groups in total. The zero-order chi connectivity index (χ0) is 23.6. The first-order valence-corrected chi connectivity index (χ1v) is 13.5. The Balaban J connectivity index is 0.000000136. The normalized spacial score (nSPS) is 12.2. The van der Waals surface area contributed by atoms with Gasteiger partial charge in [0.15, 0.2) is 0 Å². The van der Waals surface area contributed by atoms with Gasteiger partial charge in [-0.05, 0) is 78.3 Å². The summed E-state index contributed by atoms with van der Waals surface area (Å²) in [5.41, 5.74) is 5.31. The van der Waals surface area contributed by atoms with Crippen LogP contribution in [0.5, 0.6) is 0 Å².